The van der Waals surface area contributed by atoms with Crippen LogP contribution in [0.15, 0.2) is 0 Å². The van der Waals surface area contributed by atoms with Crippen molar-refractivity contribution in [3.05, 3.63) is 0 Å². The largest absolute Gasteiger partial charge is 0.741 e. The first kappa shape index (κ1) is 16.6. The summed E-state index contributed by atoms with van der Waals surface area (Å²) in [4.78, 5) is 4.14. The average molecular weight is 278 g/mol. The van der Waals surface area contributed by atoms with Crippen LogP contribution < -0.4 is 4.90 Å². The van der Waals surface area contributed by atoms with Gasteiger partial charge in [0.2, 0.25) is 0 Å². The second kappa shape index (κ2) is 5.98. The Morgan fingerprint density at radius 3 is 2.00 bits per heavy atom. The highest BCUT2D eigenvalue weighted by Gasteiger charge is 2.36. The Morgan fingerprint density at radius 1 is 1.47 bits per heavy atom. The molecule has 17 heavy (non-hydrogen) atoms. The molecule has 0 spiro atoms. The van der Waals surface area contributed by atoms with E-state index in [1.165, 1.54) is 19.6 Å². The van der Waals surface area contributed by atoms with Crippen molar-refractivity contribution >= 4 is 10.1 Å². The topological polar surface area (TPSA) is 64.9 Å². The molecular weight excluding hydrogens is 261 g/mol. The minimum absolute atomic E-state index is 0.745. The first-order valence-corrected chi connectivity index (χ1v) is 6.48. The van der Waals surface area contributed by atoms with E-state index in [0.717, 1.165) is 6.17 Å². The van der Waals surface area contributed by atoms with Crippen LogP contribution in [-0.2, 0) is 10.1 Å². The standard InChI is InChI=1S/C7H16N2.CHF3O3S/c1-4-9-6-5-8(3)7(9)2;2-1(3,4)8(5,6)7/h7H,4-6H2,1-3H3;(H,5,6,7). The second-order valence-electron chi connectivity index (χ2n) is 3.82. The highest BCUT2D eigenvalue weighted by molar-refractivity contribution is 7.86. The van der Waals surface area contributed by atoms with Crippen molar-refractivity contribution in [2.75, 3.05) is 26.7 Å². The smallest absolute Gasteiger partial charge is 0.485 e. The van der Waals surface area contributed by atoms with Crippen molar-refractivity contribution in [2.45, 2.75) is 25.5 Å². The fourth-order valence-corrected chi connectivity index (χ4v) is 1.51. The third-order valence-electron chi connectivity index (χ3n) is 2.78. The van der Waals surface area contributed by atoms with Gasteiger partial charge >= 0.3 is 5.51 Å². The van der Waals surface area contributed by atoms with Gasteiger partial charge in [-0.2, -0.15) is 13.2 Å². The summed E-state index contributed by atoms with van der Waals surface area (Å²) in [6.45, 7) is 8.42. The van der Waals surface area contributed by atoms with Crippen LogP contribution in [-0.4, -0.2) is 56.2 Å². The molecule has 2 unspecified atom stereocenters. The first-order chi connectivity index (χ1) is 7.50. The van der Waals surface area contributed by atoms with Gasteiger partial charge in [0.15, 0.2) is 10.1 Å². The maximum atomic E-state index is 10.7. The van der Waals surface area contributed by atoms with Crippen LogP contribution in [0.1, 0.15) is 13.8 Å². The number of hydrogen-bond donors (Lipinski definition) is 1. The lowest BCUT2D eigenvalue weighted by molar-refractivity contribution is -0.914. The molecule has 1 heterocycles. The summed E-state index contributed by atoms with van der Waals surface area (Å²) in [7, 11) is -3.89. The fraction of sp³-hybridized carbons (Fsp3) is 1.00. The van der Waals surface area contributed by atoms with Gasteiger partial charge in [-0.05, 0) is 14.0 Å². The molecule has 0 aromatic heterocycles. The predicted molar refractivity (Wildman–Crippen MR) is 54.2 cm³/mol. The molecule has 104 valence electrons. The summed E-state index contributed by atoms with van der Waals surface area (Å²) in [5, 5.41) is 0. The van der Waals surface area contributed by atoms with Crippen LogP contribution in [0.25, 0.3) is 0 Å². The van der Waals surface area contributed by atoms with Gasteiger partial charge in [-0.1, -0.05) is 0 Å². The summed E-state index contributed by atoms with van der Waals surface area (Å²) >= 11 is 0. The molecule has 0 amide bonds. The molecule has 5 nitrogen and oxygen atoms in total. The molecule has 1 aliphatic rings. The van der Waals surface area contributed by atoms with Crippen LogP contribution in [0.4, 0.5) is 13.2 Å². The van der Waals surface area contributed by atoms with Crippen molar-refractivity contribution in [3.63, 3.8) is 0 Å². The molecule has 0 saturated carbocycles. The summed E-state index contributed by atoms with van der Waals surface area (Å²) in [5.74, 6) is 0. The first-order valence-electron chi connectivity index (χ1n) is 5.07. The zero-order valence-electron chi connectivity index (χ0n) is 9.91. The molecule has 0 aromatic carbocycles. The number of alkyl halides is 3. The molecule has 9 heteroatoms. The quantitative estimate of drug-likeness (QED) is 0.505. The van der Waals surface area contributed by atoms with Gasteiger partial charge in [0.05, 0.1) is 19.6 Å². The van der Waals surface area contributed by atoms with E-state index in [0.29, 0.717) is 0 Å². The zero-order chi connectivity index (χ0) is 13.9. The lowest BCUT2D eigenvalue weighted by Crippen LogP contribution is -3.13. The highest BCUT2D eigenvalue weighted by Crippen LogP contribution is 2.20. The molecule has 0 aromatic rings. The van der Waals surface area contributed by atoms with Crippen molar-refractivity contribution in [2.24, 2.45) is 0 Å². The lowest BCUT2D eigenvalue weighted by atomic mass is 10.5. The summed E-state index contributed by atoms with van der Waals surface area (Å²) in [6, 6.07) is 0. The Kier molecular flexibility index (Phi) is 5.85. The van der Waals surface area contributed by atoms with E-state index in [4.69, 9.17) is 13.0 Å². The SMILES string of the molecule is CC[NH+]1CCN(C)C1C.O=S(=O)([O-])C(F)(F)F. The van der Waals surface area contributed by atoms with Crippen LogP contribution in [0.3, 0.4) is 0 Å². The van der Waals surface area contributed by atoms with Gasteiger partial charge in [0, 0.05) is 6.92 Å². The molecule has 1 N–H and O–H groups in total. The van der Waals surface area contributed by atoms with Gasteiger partial charge in [-0.3, -0.25) is 4.90 Å². The summed E-state index contributed by atoms with van der Waals surface area (Å²) in [6.07, 6.45) is 0.745. The molecular formula is C8H17F3N2O3S. The van der Waals surface area contributed by atoms with Crippen LogP contribution in [0, 0.1) is 0 Å². The van der Waals surface area contributed by atoms with Gasteiger partial charge < -0.3 is 9.45 Å². The Hall–Kier alpha value is -0.380. The molecule has 0 bridgehead atoms. The number of quaternary nitrogens is 1. The molecule has 0 radical (unpaired) electrons. The maximum Gasteiger partial charge on any atom is 0.485 e. The summed E-state index contributed by atoms with van der Waals surface area (Å²) < 4.78 is 58.9. The van der Waals surface area contributed by atoms with Gasteiger partial charge in [0.25, 0.3) is 0 Å². The van der Waals surface area contributed by atoms with Gasteiger partial charge in [-0.25, -0.2) is 8.42 Å². The van der Waals surface area contributed by atoms with Crippen LogP contribution in [0.5, 0.6) is 0 Å². The monoisotopic (exact) mass is 278 g/mol. The summed E-state index contributed by atoms with van der Waals surface area (Å²) in [5.41, 5.74) is -5.65. The van der Waals surface area contributed by atoms with Crippen molar-refractivity contribution in [1.82, 2.24) is 4.90 Å². The molecule has 2 atom stereocenters. The number of nitrogens with one attached hydrogen (secondary N) is 1. The van der Waals surface area contributed by atoms with E-state index >= 15 is 0 Å². The van der Waals surface area contributed by atoms with E-state index in [1.54, 1.807) is 4.90 Å². The molecule has 0 aliphatic carbocycles. The minimum Gasteiger partial charge on any atom is -0.741 e. The molecule has 1 rings (SSSR count). The van der Waals surface area contributed by atoms with E-state index in [2.05, 4.69) is 25.8 Å². The Morgan fingerprint density at radius 2 is 1.88 bits per heavy atom. The third kappa shape index (κ3) is 5.19. The van der Waals surface area contributed by atoms with E-state index in [9.17, 15) is 13.2 Å². The fourth-order valence-electron chi connectivity index (χ4n) is 1.51. The number of nitrogens with zero attached hydrogens (tertiary/aromatic N) is 1. The Bertz CT molecular complexity index is 331. The Balaban J connectivity index is 0.000000304. The molecule has 1 aliphatic heterocycles. The Labute approximate surface area is 98.9 Å². The van der Waals surface area contributed by atoms with Crippen LogP contribution >= 0.6 is 0 Å². The number of likely N-dealkylation sites (N-methyl/N-ethyl adjacent to an activating group) is 2. The second-order valence-corrected chi connectivity index (χ2v) is 5.19. The highest BCUT2D eigenvalue weighted by atomic mass is 32.2. The minimum atomic E-state index is -6.09. The van der Waals surface area contributed by atoms with Crippen molar-refractivity contribution in [1.29, 1.82) is 0 Å². The van der Waals surface area contributed by atoms with Crippen LogP contribution in [0.2, 0.25) is 0 Å². The van der Waals surface area contributed by atoms with Gasteiger partial charge in [-0.15, -0.1) is 0 Å². The van der Waals surface area contributed by atoms with E-state index in [-0.39, 0.29) is 0 Å². The van der Waals surface area contributed by atoms with Crippen molar-refractivity contribution in [3.8, 4) is 0 Å². The average Bonchev–Trinajstić information content (AvgIpc) is 2.45. The zero-order valence-corrected chi connectivity index (χ0v) is 10.7. The van der Waals surface area contributed by atoms with E-state index < -0.39 is 15.6 Å². The predicted octanol–water partition coefficient (Wildman–Crippen LogP) is -0.766. The van der Waals surface area contributed by atoms with E-state index in [1.807, 2.05) is 0 Å². The normalized spacial score (nSPS) is 26.5. The van der Waals surface area contributed by atoms with Crippen molar-refractivity contribution < 1.29 is 31.0 Å². The number of hydrogen-bond acceptors (Lipinski definition) is 4. The lowest BCUT2D eigenvalue weighted by Gasteiger charge is -2.18. The van der Waals surface area contributed by atoms with Gasteiger partial charge in [0.1, 0.15) is 6.17 Å². The molecule has 1 saturated heterocycles. The third-order valence-corrected chi connectivity index (χ3v) is 3.34. The number of halogens is 3. The molecule has 1 fully saturated rings. The maximum absolute atomic E-state index is 10.7. The number of rotatable bonds is 1.